The van der Waals surface area contributed by atoms with Gasteiger partial charge in [0, 0.05) is 9.79 Å². The van der Waals surface area contributed by atoms with Gasteiger partial charge in [0.05, 0.1) is 0 Å². The lowest BCUT2D eigenvalue weighted by molar-refractivity contribution is 1.26. The second-order valence-electron chi connectivity index (χ2n) is 5.08. The Morgan fingerprint density at radius 1 is 0.889 bits per heavy atom. The molecule has 1 aliphatic carbocycles. The van der Waals surface area contributed by atoms with Crippen LogP contribution in [0.1, 0.15) is 29.5 Å². The number of hydrogen-bond acceptors (Lipinski definition) is 1. The Morgan fingerprint density at radius 2 is 1.67 bits per heavy atom. The van der Waals surface area contributed by atoms with Gasteiger partial charge in [-0.1, -0.05) is 53.2 Å². The zero-order valence-electron chi connectivity index (χ0n) is 10.4. The number of rotatable bonds is 0. The van der Waals surface area contributed by atoms with Crippen LogP contribution in [0.4, 0.5) is 0 Å². The fourth-order valence-corrected chi connectivity index (χ4v) is 3.72. The van der Waals surface area contributed by atoms with Crippen molar-refractivity contribution in [3.8, 4) is 0 Å². The SMILES string of the molecule is Cc1ccc2c(c1)C(=C1CC1)c1ccccc1S2. The van der Waals surface area contributed by atoms with E-state index in [1.165, 1.54) is 44.9 Å². The first-order valence-electron chi connectivity index (χ1n) is 6.43. The third kappa shape index (κ3) is 1.54. The van der Waals surface area contributed by atoms with Crippen molar-refractivity contribution in [1.29, 1.82) is 0 Å². The van der Waals surface area contributed by atoms with Crippen LogP contribution in [0, 0.1) is 6.92 Å². The van der Waals surface area contributed by atoms with Crippen LogP contribution in [0.3, 0.4) is 0 Å². The molecule has 0 nitrogen and oxygen atoms in total. The molecule has 2 aliphatic rings. The summed E-state index contributed by atoms with van der Waals surface area (Å²) in [7, 11) is 0. The predicted octanol–water partition coefficient (Wildman–Crippen LogP) is 5.06. The number of allylic oxidation sites excluding steroid dienone is 1. The molecule has 2 aromatic rings. The zero-order valence-corrected chi connectivity index (χ0v) is 11.2. The second kappa shape index (κ2) is 3.76. The standard InChI is InChI=1S/C17H14S/c1-11-6-9-16-14(10-11)17(12-7-8-12)13-4-2-3-5-15(13)18-16/h2-6,9-10H,7-8H2,1H3. The van der Waals surface area contributed by atoms with Crippen molar-refractivity contribution in [1.82, 2.24) is 0 Å². The van der Waals surface area contributed by atoms with Crippen LogP contribution in [-0.2, 0) is 0 Å². The lowest BCUT2D eigenvalue weighted by Crippen LogP contribution is -1.99. The molecule has 2 aromatic carbocycles. The molecule has 0 N–H and O–H groups in total. The molecule has 1 saturated carbocycles. The molecule has 1 heteroatoms. The van der Waals surface area contributed by atoms with Crippen molar-refractivity contribution >= 4 is 17.3 Å². The van der Waals surface area contributed by atoms with Crippen LogP contribution in [0.5, 0.6) is 0 Å². The predicted molar refractivity (Wildman–Crippen MR) is 77.0 cm³/mol. The van der Waals surface area contributed by atoms with E-state index in [4.69, 9.17) is 0 Å². The summed E-state index contributed by atoms with van der Waals surface area (Å²) in [6.45, 7) is 2.18. The molecule has 1 heterocycles. The largest absolute Gasteiger partial charge is 0.0888 e. The minimum Gasteiger partial charge on any atom is -0.0888 e. The van der Waals surface area contributed by atoms with E-state index >= 15 is 0 Å². The second-order valence-corrected chi connectivity index (χ2v) is 6.16. The third-order valence-electron chi connectivity index (χ3n) is 3.63. The maximum Gasteiger partial charge on any atom is 0.0201 e. The summed E-state index contributed by atoms with van der Waals surface area (Å²) in [5, 5.41) is 0. The minimum absolute atomic E-state index is 1.28. The summed E-state index contributed by atoms with van der Waals surface area (Å²) in [4.78, 5) is 2.82. The van der Waals surface area contributed by atoms with Gasteiger partial charge < -0.3 is 0 Å². The van der Waals surface area contributed by atoms with Gasteiger partial charge in [0.15, 0.2) is 0 Å². The van der Waals surface area contributed by atoms with Gasteiger partial charge >= 0.3 is 0 Å². The van der Waals surface area contributed by atoms with Crippen molar-refractivity contribution in [2.45, 2.75) is 29.6 Å². The maximum atomic E-state index is 2.35. The molecule has 0 spiro atoms. The van der Waals surface area contributed by atoms with Crippen LogP contribution < -0.4 is 0 Å². The maximum absolute atomic E-state index is 2.35. The van der Waals surface area contributed by atoms with Crippen LogP contribution in [-0.4, -0.2) is 0 Å². The van der Waals surface area contributed by atoms with Crippen LogP contribution in [0.25, 0.3) is 5.57 Å². The number of hydrogen-bond donors (Lipinski definition) is 0. The molecule has 0 bridgehead atoms. The first-order chi connectivity index (χ1) is 8.83. The minimum atomic E-state index is 1.28. The molecule has 0 radical (unpaired) electrons. The van der Waals surface area contributed by atoms with Gasteiger partial charge in [-0.2, -0.15) is 0 Å². The molecule has 0 unspecified atom stereocenters. The fourth-order valence-electron chi connectivity index (χ4n) is 2.65. The van der Waals surface area contributed by atoms with Crippen molar-refractivity contribution in [2.24, 2.45) is 0 Å². The van der Waals surface area contributed by atoms with E-state index in [-0.39, 0.29) is 0 Å². The number of fused-ring (bicyclic) bond motifs is 2. The highest BCUT2D eigenvalue weighted by molar-refractivity contribution is 7.99. The highest BCUT2D eigenvalue weighted by Crippen LogP contribution is 2.50. The Balaban J connectivity index is 2.03. The summed E-state index contributed by atoms with van der Waals surface area (Å²) in [6.07, 6.45) is 2.56. The molecule has 0 atom stereocenters. The average molecular weight is 250 g/mol. The zero-order chi connectivity index (χ0) is 12.1. The quantitative estimate of drug-likeness (QED) is 0.537. The Morgan fingerprint density at radius 3 is 2.50 bits per heavy atom. The summed E-state index contributed by atoms with van der Waals surface area (Å²) < 4.78 is 0. The molecule has 4 rings (SSSR count). The van der Waals surface area contributed by atoms with E-state index in [1.54, 1.807) is 5.57 Å². The van der Waals surface area contributed by atoms with Crippen molar-refractivity contribution in [3.63, 3.8) is 0 Å². The van der Waals surface area contributed by atoms with Gasteiger partial charge in [0.1, 0.15) is 0 Å². The first-order valence-corrected chi connectivity index (χ1v) is 7.25. The van der Waals surface area contributed by atoms with E-state index in [1.807, 2.05) is 11.8 Å². The van der Waals surface area contributed by atoms with E-state index in [0.717, 1.165) is 0 Å². The number of benzene rings is 2. The highest BCUT2D eigenvalue weighted by atomic mass is 32.2. The summed E-state index contributed by atoms with van der Waals surface area (Å²) in [6, 6.07) is 15.6. The van der Waals surface area contributed by atoms with Gasteiger partial charge in [0.2, 0.25) is 0 Å². The Bertz CT molecular complexity index is 674. The summed E-state index contributed by atoms with van der Waals surface area (Å²) in [5.74, 6) is 0. The molecular weight excluding hydrogens is 236 g/mol. The molecule has 1 fully saturated rings. The van der Waals surface area contributed by atoms with Crippen LogP contribution in [0.15, 0.2) is 57.8 Å². The Kier molecular flexibility index (Phi) is 2.18. The van der Waals surface area contributed by atoms with Gasteiger partial charge in [-0.3, -0.25) is 0 Å². The molecular formula is C17H14S. The highest BCUT2D eigenvalue weighted by Gasteiger charge is 2.27. The monoisotopic (exact) mass is 250 g/mol. The average Bonchev–Trinajstić information content (AvgIpc) is 3.20. The third-order valence-corrected chi connectivity index (χ3v) is 4.79. The van der Waals surface area contributed by atoms with E-state index in [9.17, 15) is 0 Å². The summed E-state index contributed by atoms with van der Waals surface area (Å²) >= 11 is 1.91. The lowest BCUT2D eigenvalue weighted by Gasteiger charge is -2.22. The van der Waals surface area contributed by atoms with Gasteiger partial charge in [-0.25, -0.2) is 0 Å². The van der Waals surface area contributed by atoms with E-state index in [2.05, 4.69) is 49.4 Å². The van der Waals surface area contributed by atoms with Crippen LogP contribution >= 0.6 is 11.8 Å². The Hall–Kier alpha value is -1.47. The molecule has 88 valence electrons. The van der Waals surface area contributed by atoms with Crippen molar-refractivity contribution in [2.75, 3.05) is 0 Å². The van der Waals surface area contributed by atoms with Crippen molar-refractivity contribution < 1.29 is 0 Å². The first kappa shape index (κ1) is 10.5. The lowest BCUT2D eigenvalue weighted by atomic mass is 9.95. The number of aryl methyl sites for hydroxylation is 1. The Labute approximate surface area is 112 Å². The van der Waals surface area contributed by atoms with Crippen LogP contribution in [0.2, 0.25) is 0 Å². The smallest absolute Gasteiger partial charge is 0.0201 e. The van der Waals surface area contributed by atoms with Gasteiger partial charge in [-0.05, 0) is 48.6 Å². The molecule has 0 aromatic heterocycles. The van der Waals surface area contributed by atoms with E-state index < -0.39 is 0 Å². The fraction of sp³-hybridized carbons (Fsp3) is 0.176. The van der Waals surface area contributed by atoms with Crippen molar-refractivity contribution in [3.05, 3.63) is 64.7 Å². The molecule has 18 heavy (non-hydrogen) atoms. The van der Waals surface area contributed by atoms with Gasteiger partial charge in [-0.15, -0.1) is 0 Å². The molecule has 1 aliphatic heterocycles. The summed E-state index contributed by atoms with van der Waals surface area (Å²) in [5.41, 5.74) is 7.39. The normalized spacial score (nSPS) is 16.3. The van der Waals surface area contributed by atoms with E-state index in [0.29, 0.717) is 0 Å². The molecule has 0 amide bonds. The molecule has 0 saturated heterocycles. The topological polar surface area (TPSA) is 0 Å². The van der Waals surface area contributed by atoms with Gasteiger partial charge in [0.25, 0.3) is 0 Å².